The first-order valence-corrected chi connectivity index (χ1v) is 6.96. The van der Waals surface area contributed by atoms with Crippen molar-refractivity contribution < 1.29 is 14.7 Å². The van der Waals surface area contributed by atoms with Gasteiger partial charge in [-0.25, -0.2) is 4.99 Å². The number of carboxylic acids is 1. The van der Waals surface area contributed by atoms with Crippen molar-refractivity contribution in [1.82, 2.24) is 9.80 Å². The lowest BCUT2D eigenvalue weighted by Crippen LogP contribution is -2.52. The Morgan fingerprint density at radius 3 is 2.57 bits per heavy atom. The zero-order valence-corrected chi connectivity index (χ0v) is 11.8. The predicted molar refractivity (Wildman–Crippen MR) is 78.1 cm³/mol. The van der Waals surface area contributed by atoms with Crippen molar-refractivity contribution in [3.63, 3.8) is 0 Å². The van der Waals surface area contributed by atoms with Gasteiger partial charge >= 0.3 is 5.97 Å². The number of Topliss-reactive ketones (excluding diaryl/α,β-unsaturated/α-hetero) is 1. The summed E-state index contributed by atoms with van der Waals surface area (Å²) in [5, 5.41) is 9.45. The molecule has 1 atom stereocenters. The average molecular weight is 287 g/mol. The molecule has 0 saturated carbocycles. The molecule has 1 fully saturated rings. The molecule has 0 aliphatic carbocycles. The molecule has 0 spiro atoms. The number of benzene rings is 1. The van der Waals surface area contributed by atoms with Crippen LogP contribution >= 0.6 is 0 Å². The van der Waals surface area contributed by atoms with Gasteiger partial charge in [0.05, 0.1) is 5.69 Å². The van der Waals surface area contributed by atoms with Crippen LogP contribution in [0, 0.1) is 5.92 Å². The summed E-state index contributed by atoms with van der Waals surface area (Å²) in [5.74, 6) is -2.32. The van der Waals surface area contributed by atoms with E-state index in [-0.39, 0.29) is 5.78 Å². The molecule has 2 aliphatic rings. The Morgan fingerprint density at radius 2 is 1.90 bits per heavy atom. The molecule has 1 N–H and O–H groups in total. The number of amidine groups is 1. The third kappa shape index (κ3) is 2.42. The molecule has 0 bridgehead atoms. The molecule has 1 unspecified atom stereocenters. The van der Waals surface area contributed by atoms with Crippen LogP contribution in [0.3, 0.4) is 0 Å². The largest absolute Gasteiger partial charge is 0.480 e. The molecule has 2 heterocycles. The maximum atomic E-state index is 12.5. The number of carbonyl (C=O) groups is 2. The van der Waals surface area contributed by atoms with E-state index >= 15 is 0 Å². The summed E-state index contributed by atoms with van der Waals surface area (Å²) in [7, 11) is 2.02. The number of nitrogens with zero attached hydrogens (tertiary/aromatic N) is 3. The summed E-state index contributed by atoms with van der Waals surface area (Å²) in [6.45, 7) is 3.05. The molecule has 110 valence electrons. The van der Waals surface area contributed by atoms with E-state index in [1.807, 2.05) is 11.9 Å². The van der Waals surface area contributed by atoms with Crippen LogP contribution in [-0.2, 0) is 4.79 Å². The van der Waals surface area contributed by atoms with Crippen molar-refractivity contribution >= 4 is 23.3 Å². The van der Waals surface area contributed by atoms with Crippen LogP contribution in [0.15, 0.2) is 29.3 Å². The Kier molecular flexibility index (Phi) is 3.47. The molecule has 0 aromatic heterocycles. The Morgan fingerprint density at radius 1 is 1.24 bits per heavy atom. The SMILES string of the molecule is CN1CCN(C2=Nc3ccccc3C(=O)C2C(=O)O)CC1. The van der Waals surface area contributed by atoms with Gasteiger partial charge in [-0.2, -0.15) is 0 Å². The van der Waals surface area contributed by atoms with E-state index in [4.69, 9.17) is 0 Å². The van der Waals surface area contributed by atoms with E-state index in [2.05, 4.69) is 9.89 Å². The van der Waals surface area contributed by atoms with Gasteiger partial charge in [-0.05, 0) is 19.2 Å². The van der Waals surface area contributed by atoms with E-state index in [0.717, 1.165) is 13.1 Å². The zero-order valence-electron chi connectivity index (χ0n) is 11.8. The first-order chi connectivity index (χ1) is 10.1. The number of hydrogen-bond acceptors (Lipinski definition) is 5. The second-order valence-electron chi connectivity index (χ2n) is 5.41. The molecule has 1 saturated heterocycles. The number of para-hydroxylation sites is 1. The maximum absolute atomic E-state index is 12.5. The van der Waals surface area contributed by atoms with Crippen molar-refractivity contribution in [2.75, 3.05) is 33.2 Å². The third-order valence-corrected chi connectivity index (χ3v) is 4.00. The number of aliphatic imine (C=N–C) groups is 1. The van der Waals surface area contributed by atoms with Gasteiger partial charge in [0.15, 0.2) is 11.7 Å². The van der Waals surface area contributed by atoms with Gasteiger partial charge in [0, 0.05) is 31.7 Å². The fourth-order valence-electron chi connectivity index (χ4n) is 2.75. The average Bonchev–Trinajstić information content (AvgIpc) is 2.47. The smallest absolute Gasteiger partial charge is 0.322 e. The first-order valence-electron chi connectivity index (χ1n) is 6.96. The quantitative estimate of drug-likeness (QED) is 0.776. The topological polar surface area (TPSA) is 73.2 Å². The minimum Gasteiger partial charge on any atom is -0.480 e. The van der Waals surface area contributed by atoms with Crippen molar-refractivity contribution in [1.29, 1.82) is 0 Å². The van der Waals surface area contributed by atoms with E-state index in [0.29, 0.717) is 30.2 Å². The highest BCUT2D eigenvalue weighted by molar-refractivity contribution is 6.26. The molecule has 1 aromatic carbocycles. The van der Waals surface area contributed by atoms with Gasteiger partial charge in [-0.3, -0.25) is 9.59 Å². The molecule has 6 nitrogen and oxygen atoms in total. The molecule has 21 heavy (non-hydrogen) atoms. The number of likely N-dealkylation sites (N-methyl/N-ethyl adjacent to an activating group) is 1. The Hall–Kier alpha value is -2.21. The molecule has 1 aromatic rings. The lowest BCUT2D eigenvalue weighted by Gasteiger charge is -2.37. The lowest BCUT2D eigenvalue weighted by molar-refractivity contribution is -0.138. The monoisotopic (exact) mass is 287 g/mol. The summed E-state index contributed by atoms with van der Waals surface area (Å²) in [5.41, 5.74) is 0.955. The second-order valence-corrected chi connectivity index (χ2v) is 5.41. The standard InChI is InChI=1S/C15H17N3O3/c1-17-6-8-18(9-7-17)14-12(15(20)21)13(19)10-4-2-3-5-11(10)16-14/h2-5,12H,6-9H2,1H3,(H,20,21). The number of aliphatic carboxylic acids is 1. The van der Waals surface area contributed by atoms with Crippen LogP contribution in [0.5, 0.6) is 0 Å². The van der Waals surface area contributed by atoms with Crippen molar-refractivity contribution in [2.45, 2.75) is 0 Å². The number of piperazine rings is 1. The number of carboxylic acid groups (broad SMARTS) is 1. The van der Waals surface area contributed by atoms with Crippen LogP contribution in [0.4, 0.5) is 5.69 Å². The zero-order chi connectivity index (χ0) is 15.0. The number of carbonyl (C=O) groups excluding carboxylic acids is 1. The van der Waals surface area contributed by atoms with Gasteiger partial charge in [0.25, 0.3) is 0 Å². The van der Waals surface area contributed by atoms with Gasteiger partial charge in [-0.15, -0.1) is 0 Å². The third-order valence-electron chi connectivity index (χ3n) is 4.00. The molecular weight excluding hydrogens is 270 g/mol. The number of rotatable bonds is 1. The highest BCUT2D eigenvalue weighted by atomic mass is 16.4. The van der Waals surface area contributed by atoms with Crippen LogP contribution in [0.2, 0.25) is 0 Å². The fraction of sp³-hybridized carbons (Fsp3) is 0.400. The van der Waals surface area contributed by atoms with Crippen molar-refractivity contribution in [3.05, 3.63) is 29.8 Å². The molecular formula is C15H17N3O3. The molecule has 0 amide bonds. The highest BCUT2D eigenvalue weighted by Crippen LogP contribution is 2.30. The number of ketones is 1. The number of hydrogen-bond donors (Lipinski definition) is 1. The Balaban J connectivity index is 2.01. The van der Waals surface area contributed by atoms with E-state index in [1.54, 1.807) is 24.3 Å². The van der Waals surface area contributed by atoms with Gasteiger partial charge < -0.3 is 14.9 Å². The van der Waals surface area contributed by atoms with Gasteiger partial charge in [0.2, 0.25) is 0 Å². The molecule has 3 rings (SSSR count). The Bertz CT molecular complexity index is 618. The summed E-state index contributed by atoms with van der Waals surface area (Å²) < 4.78 is 0. The molecule has 6 heteroatoms. The van der Waals surface area contributed by atoms with Crippen LogP contribution < -0.4 is 0 Å². The lowest BCUT2D eigenvalue weighted by atomic mass is 9.91. The van der Waals surface area contributed by atoms with Crippen LogP contribution in [-0.4, -0.2) is 65.7 Å². The fourth-order valence-corrected chi connectivity index (χ4v) is 2.75. The van der Waals surface area contributed by atoms with Gasteiger partial charge in [0.1, 0.15) is 5.84 Å². The summed E-state index contributed by atoms with van der Waals surface area (Å²) in [6, 6.07) is 6.92. The number of fused-ring (bicyclic) bond motifs is 1. The summed E-state index contributed by atoms with van der Waals surface area (Å²) >= 11 is 0. The Labute approximate surface area is 122 Å². The normalized spacial score (nSPS) is 22.7. The van der Waals surface area contributed by atoms with Crippen LogP contribution in [0.25, 0.3) is 0 Å². The van der Waals surface area contributed by atoms with Crippen molar-refractivity contribution in [3.8, 4) is 0 Å². The first kappa shape index (κ1) is 13.8. The maximum Gasteiger partial charge on any atom is 0.322 e. The predicted octanol–water partition coefficient (Wildman–Crippen LogP) is 0.861. The van der Waals surface area contributed by atoms with E-state index in [9.17, 15) is 14.7 Å². The highest BCUT2D eigenvalue weighted by Gasteiger charge is 2.40. The minimum absolute atomic E-state index is 0.373. The van der Waals surface area contributed by atoms with Crippen LogP contribution in [0.1, 0.15) is 10.4 Å². The molecule has 2 aliphatic heterocycles. The van der Waals surface area contributed by atoms with E-state index in [1.165, 1.54) is 0 Å². The molecule has 0 radical (unpaired) electrons. The minimum atomic E-state index is -1.19. The summed E-state index contributed by atoms with van der Waals surface area (Å²) in [4.78, 5) is 32.6. The van der Waals surface area contributed by atoms with Gasteiger partial charge in [-0.1, -0.05) is 12.1 Å². The van der Waals surface area contributed by atoms with Crippen molar-refractivity contribution in [2.24, 2.45) is 10.9 Å². The van der Waals surface area contributed by atoms with E-state index < -0.39 is 11.9 Å². The second kappa shape index (κ2) is 5.29. The summed E-state index contributed by atoms with van der Waals surface area (Å²) in [6.07, 6.45) is 0.